The van der Waals surface area contributed by atoms with E-state index in [2.05, 4.69) is 203 Å². The van der Waals surface area contributed by atoms with Crippen molar-refractivity contribution >= 4 is 17.9 Å². The van der Waals surface area contributed by atoms with Gasteiger partial charge in [0.2, 0.25) is 0 Å². The maximum absolute atomic E-state index is 12.8. The highest BCUT2D eigenvalue weighted by atomic mass is 16.6. The Hall–Kier alpha value is -5.49. The predicted octanol–water partition coefficient (Wildman–Crippen LogP) is 23.2. The Labute approximate surface area is 510 Å². The molecular weight excluding hydrogens is 1020 g/mol. The molecule has 0 amide bonds. The molecule has 0 aliphatic rings. The van der Waals surface area contributed by atoms with Crippen LogP contribution in [-0.4, -0.2) is 37.2 Å². The van der Waals surface area contributed by atoms with Gasteiger partial charge in [-0.3, -0.25) is 14.4 Å². The lowest BCUT2D eigenvalue weighted by Gasteiger charge is -2.18. The summed E-state index contributed by atoms with van der Waals surface area (Å²) in [6, 6.07) is 0. The van der Waals surface area contributed by atoms with E-state index in [-0.39, 0.29) is 31.1 Å². The number of hydrogen-bond donors (Lipinski definition) is 0. The van der Waals surface area contributed by atoms with Gasteiger partial charge in [-0.1, -0.05) is 287 Å². The van der Waals surface area contributed by atoms with Crippen molar-refractivity contribution in [3.63, 3.8) is 0 Å². The molecule has 0 saturated carbocycles. The summed E-state index contributed by atoms with van der Waals surface area (Å²) in [5, 5.41) is 0. The van der Waals surface area contributed by atoms with Crippen LogP contribution in [0.25, 0.3) is 0 Å². The lowest BCUT2D eigenvalue weighted by molar-refractivity contribution is -0.167. The average Bonchev–Trinajstić information content (AvgIpc) is 3.49. The maximum Gasteiger partial charge on any atom is 0.306 e. The summed E-state index contributed by atoms with van der Waals surface area (Å²) in [7, 11) is 0. The van der Waals surface area contributed by atoms with Gasteiger partial charge in [-0.25, -0.2) is 0 Å². The molecule has 0 fully saturated rings. The second kappa shape index (κ2) is 69.0. The van der Waals surface area contributed by atoms with Crippen molar-refractivity contribution in [1.82, 2.24) is 0 Å². The van der Waals surface area contributed by atoms with Gasteiger partial charge in [0, 0.05) is 19.3 Å². The van der Waals surface area contributed by atoms with Crippen LogP contribution in [0.15, 0.2) is 182 Å². The van der Waals surface area contributed by atoms with Crippen LogP contribution in [0.3, 0.4) is 0 Å². The summed E-state index contributed by atoms with van der Waals surface area (Å²) in [5.41, 5.74) is 0. The molecule has 0 spiro atoms. The molecule has 0 radical (unpaired) electrons. The minimum atomic E-state index is -0.804. The first-order chi connectivity index (χ1) is 41.0. The maximum atomic E-state index is 12.8. The van der Waals surface area contributed by atoms with Gasteiger partial charge in [0.1, 0.15) is 13.2 Å². The Morgan fingerprint density at radius 1 is 0.253 bits per heavy atom. The molecule has 0 aromatic heterocycles. The van der Waals surface area contributed by atoms with Crippen molar-refractivity contribution < 1.29 is 28.6 Å². The Balaban J connectivity index is 4.18. The van der Waals surface area contributed by atoms with E-state index in [0.29, 0.717) is 25.7 Å². The third-order valence-corrected chi connectivity index (χ3v) is 13.4. The fourth-order valence-electron chi connectivity index (χ4n) is 8.50. The van der Waals surface area contributed by atoms with Gasteiger partial charge in [0.25, 0.3) is 0 Å². The van der Waals surface area contributed by atoms with Gasteiger partial charge >= 0.3 is 17.9 Å². The Bertz CT molecular complexity index is 1940. The normalized spacial score (nSPS) is 13.3. The largest absolute Gasteiger partial charge is 0.462 e. The minimum absolute atomic E-state index is 0.101. The van der Waals surface area contributed by atoms with Crippen LogP contribution in [0.5, 0.6) is 0 Å². The van der Waals surface area contributed by atoms with Crippen LogP contribution in [0.1, 0.15) is 265 Å². The molecule has 0 heterocycles. The Morgan fingerprint density at radius 3 is 0.759 bits per heavy atom. The highest BCUT2D eigenvalue weighted by Gasteiger charge is 2.19. The topological polar surface area (TPSA) is 78.9 Å². The Kier molecular flexibility index (Phi) is 64.4. The third kappa shape index (κ3) is 67.2. The summed E-state index contributed by atoms with van der Waals surface area (Å²) in [4.78, 5) is 38.0. The van der Waals surface area contributed by atoms with Gasteiger partial charge in [0.15, 0.2) is 6.10 Å². The van der Waals surface area contributed by atoms with Crippen molar-refractivity contribution in [2.75, 3.05) is 13.2 Å². The first kappa shape index (κ1) is 77.5. The molecule has 83 heavy (non-hydrogen) atoms. The van der Waals surface area contributed by atoms with E-state index in [4.69, 9.17) is 14.2 Å². The van der Waals surface area contributed by atoms with Gasteiger partial charge in [0.05, 0.1) is 0 Å². The highest BCUT2D eigenvalue weighted by molar-refractivity contribution is 5.71. The molecule has 0 aliphatic carbocycles. The fourth-order valence-corrected chi connectivity index (χ4v) is 8.50. The molecule has 464 valence electrons. The molecule has 0 aromatic carbocycles. The number of unbranched alkanes of at least 4 members (excludes halogenated alkanes) is 17. The van der Waals surface area contributed by atoms with E-state index in [9.17, 15) is 14.4 Å². The number of rotatable bonds is 58. The Morgan fingerprint density at radius 2 is 0.470 bits per heavy atom. The number of carbonyl (C=O) groups excluding carboxylic acids is 3. The number of ether oxygens (including phenoxy) is 3. The monoisotopic (exact) mass is 1140 g/mol. The summed E-state index contributed by atoms with van der Waals surface area (Å²) >= 11 is 0. The zero-order valence-corrected chi connectivity index (χ0v) is 53.1. The van der Waals surface area contributed by atoms with E-state index in [1.807, 2.05) is 0 Å². The molecule has 0 bridgehead atoms. The smallest absolute Gasteiger partial charge is 0.306 e. The van der Waals surface area contributed by atoms with Crippen LogP contribution < -0.4 is 0 Å². The van der Waals surface area contributed by atoms with Crippen molar-refractivity contribution in [2.45, 2.75) is 271 Å². The van der Waals surface area contributed by atoms with Gasteiger partial charge in [-0.2, -0.15) is 0 Å². The second-order valence-corrected chi connectivity index (χ2v) is 21.3. The molecule has 6 nitrogen and oxygen atoms in total. The summed E-state index contributed by atoms with van der Waals surface area (Å²) in [6.07, 6.45) is 104. The molecule has 0 rings (SSSR count). The number of carbonyl (C=O) groups is 3. The predicted molar refractivity (Wildman–Crippen MR) is 361 cm³/mol. The third-order valence-electron chi connectivity index (χ3n) is 13.4. The van der Waals surface area contributed by atoms with Crippen LogP contribution in [0.4, 0.5) is 0 Å². The molecule has 6 heteroatoms. The van der Waals surface area contributed by atoms with Gasteiger partial charge in [-0.15, -0.1) is 0 Å². The van der Waals surface area contributed by atoms with Crippen molar-refractivity contribution in [1.29, 1.82) is 0 Å². The second-order valence-electron chi connectivity index (χ2n) is 21.3. The van der Waals surface area contributed by atoms with Crippen LogP contribution in [0.2, 0.25) is 0 Å². The number of hydrogen-bond acceptors (Lipinski definition) is 6. The minimum Gasteiger partial charge on any atom is -0.462 e. The lowest BCUT2D eigenvalue weighted by atomic mass is 10.0. The van der Waals surface area contributed by atoms with E-state index in [1.54, 1.807) is 0 Å². The summed E-state index contributed by atoms with van der Waals surface area (Å²) < 4.78 is 16.7. The summed E-state index contributed by atoms with van der Waals surface area (Å²) in [6.45, 7) is 6.28. The zero-order valence-electron chi connectivity index (χ0n) is 53.1. The van der Waals surface area contributed by atoms with E-state index in [0.717, 1.165) is 161 Å². The molecule has 0 aromatic rings. The molecule has 0 aliphatic heterocycles. The van der Waals surface area contributed by atoms with E-state index >= 15 is 0 Å². The standard InChI is InChI=1S/C77H120O6/c1-4-7-10-13-15-17-19-21-23-25-27-29-31-33-35-36-37-38-39-40-42-43-45-47-49-51-53-55-57-59-61-64-67-70-76(79)82-73-74(72-81-75(78)69-66-63-12-9-6-3)83-77(80)71-68-65-62-60-58-56-54-52-50-48-46-44-41-34-32-30-28-26-24-22-20-18-16-14-11-8-5-2/h7-8,10-11,15-18,21-24,27-30,33-35,37-38,40-42,45,47,51,53,57,59,74H,4-6,9,12-14,19-20,25-26,31-32,36,39,43-44,46,48-50,52,54-56,58,60-73H2,1-3H3/b10-7-,11-8-,17-15-,18-16-,23-21-,24-22-,29-27-,30-28-,35-33-,38-37-,41-34-,42-40-,47-45-,53-51-,59-57-. The van der Waals surface area contributed by atoms with E-state index < -0.39 is 6.10 Å². The zero-order chi connectivity index (χ0) is 59.9. The molecule has 0 saturated heterocycles. The van der Waals surface area contributed by atoms with Crippen LogP contribution >= 0.6 is 0 Å². The first-order valence-electron chi connectivity index (χ1n) is 33.3. The quantitative estimate of drug-likeness (QED) is 0.0261. The van der Waals surface area contributed by atoms with Crippen molar-refractivity contribution in [3.05, 3.63) is 182 Å². The van der Waals surface area contributed by atoms with E-state index in [1.165, 1.54) is 57.8 Å². The van der Waals surface area contributed by atoms with Crippen molar-refractivity contribution in [3.8, 4) is 0 Å². The SMILES string of the molecule is CC/C=C\C/C=C\C/C=C\C/C=C\C/C=C\C/C=C\C/C=C\C/C=C\C/C=C\C/C=C\CCCCC(=O)OCC(COC(=O)CCCCCCC)OC(=O)CCCCCCCCCCCCC/C=C\C/C=C\C/C=C\C/C=C\C/C=C\CC. The van der Waals surface area contributed by atoms with Crippen LogP contribution in [-0.2, 0) is 28.6 Å². The number of allylic oxidation sites excluding steroid dienone is 30. The molecular formula is C77H120O6. The number of esters is 3. The molecule has 0 N–H and O–H groups in total. The molecule has 1 atom stereocenters. The fraction of sp³-hybridized carbons (Fsp3) is 0.571. The highest BCUT2D eigenvalue weighted by Crippen LogP contribution is 2.15. The first-order valence-corrected chi connectivity index (χ1v) is 33.3. The lowest BCUT2D eigenvalue weighted by Crippen LogP contribution is -2.30. The summed E-state index contributed by atoms with van der Waals surface area (Å²) in [5.74, 6) is -0.970. The van der Waals surface area contributed by atoms with Gasteiger partial charge < -0.3 is 14.2 Å². The molecule has 1 unspecified atom stereocenters. The average molecular weight is 1140 g/mol. The van der Waals surface area contributed by atoms with Crippen LogP contribution in [0, 0.1) is 0 Å². The van der Waals surface area contributed by atoms with Crippen molar-refractivity contribution in [2.24, 2.45) is 0 Å². The van der Waals surface area contributed by atoms with Gasteiger partial charge in [-0.05, 0) is 141 Å².